The molecule has 13 heteroatoms. The zero-order valence-corrected chi connectivity index (χ0v) is 30.9. The van der Waals surface area contributed by atoms with Gasteiger partial charge in [0.05, 0.1) is 26.3 Å². The summed E-state index contributed by atoms with van der Waals surface area (Å²) in [5.41, 5.74) is 1.88. The van der Waals surface area contributed by atoms with E-state index in [4.69, 9.17) is 4.74 Å². The maximum atomic E-state index is 13.7. The van der Waals surface area contributed by atoms with Gasteiger partial charge in [0.1, 0.15) is 0 Å². The molecule has 0 aliphatic carbocycles. The summed E-state index contributed by atoms with van der Waals surface area (Å²) in [6.07, 6.45) is 2.38. The Morgan fingerprint density at radius 1 is 0.382 bits per heavy atom. The summed E-state index contributed by atoms with van der Waals surface area (Å²) in [6.45, 7) is 7.19. The van der Waals surface area contributed by atoms with Gasteiger partial charge in [-0.15, -0.1) is 0 Å². The quantitative estimate of drug-likeness (QED) is 0.136. The predicted molar refractivity (Wildman–Crippen MR) is 199 cm³/mol. The summed E-state index contributed by atoms with van der Waals surface area (Å²) in [4.78, 5) is 114. The fourth-order valence-electron chi connectivity index (χ4n) is 8.68. The molecule has 13 nitrogen and oxygen atoms in total. The summed E-state index contributed by atoms with van der Waals surface area (Å²) >= 11 is 0. The molecule has 4 aromatic rings. The van der Waals surface area contributed by atoms with E-state index in [0.29, 0.717) is 36.5 Å². The lowest BCUT2D eigenvalue weighted by Gasteiger charge is -2.35. The van der Waals surface area contributed by atoms with Crippen LogP contribution in [0.4, 0.5) is 0 Å². The molecule has 4 heterocycles. The molecule has 8 amide bonds. The fourth-order valence-corrected chi connectivity index (χ4v) is 8.68. The maximum Gasteiger partial charge on any atom is 0.261 e. The molecule has 0 saturated carbocycles. The highest BCUT2D eigenvalue weighted by Gasteiger charge is 2.43. The zero-order valence-electron chi connectivity index (χ0n) is 30.9. The standard InChI is InChI=1S/C42H38N4O9/c1-5-21(6-2)45-39(51)27-13-9-23-31-24(10-14-28(33(27)31)40(45)52)36(48)43(35(23)47)17-19-55-20-18-44-37(49)25-11-15-29-34-30(16-12-26(32(25)34)38(44)50)42(54)46(41(29)53)22(7-3)8-4/h9-16,21-22H,5-8,17-20H2,1-4H3. The first-order chi connectivity index (χ1) is 26.5. The van der Waals surface area contributed by atoms with E-state index in [1.165, 1.54) is 58.3 Å². The molecule has 55 heavy (non-hydrogen) atoms. The second-order valence-corrected chi connectivity index (χ2v) is 14.2. The van der Waals surface area contributed by atoms with Crippen molar-refractivity contribution < 1.29 is 43.1 Å². The van der Waals surface area contributed by atoms with Gasteiger partial charge in [-0.05, 0) is 74.2 Å². The van der Waals surface area contributed by atoms with Crippen LogP contribution in [0.5, 0.6) is 0 Å². The molecule has 4 aliphatic heterocycles. The van der Waals surface area contributed by atoms with E-state index in [2.05, 4.69) is 0 Å². The minimum absolute atomic E-state index is 0.0974. The number of amides is 8. The Hall–Kier alpha value is -6.08. The number of ether oxygens (including phenoxy) is 1. The SMILES string of the molecule is CCC(CC)N1C(=O)c2ccc3c4c(ccc(c24)C1=O)C(=O)N(CCOCCN1C(=O)c2ccc4c5c(ccc(c25)C1=O)C(=O)N(C(CC)CC)C4=O)C3=O. The summed E-state index contributed by atoms with van der Waals surface area (Å²) in [6, 6.07) is 11.6. The van der Waals surface area contributed by atoms with Crippen LogP contribution in [0.1, 0.15) is 136 Å². The Labute approximate surface area is 315 Å². The number of benzene rings is 4. The van der Waals surface area contributed by atoms with Crippen molar-refractivity contribution in [3.05, 3.63) is 93.0 Å². The topological polar surface area (TPSA) is 159 Å². The van der Waals surface area contributed by atoms with Crippen LogP contribution in [0.25, 0.3) is 21.5 Å². The first-order valence-corrected chi connectivity index (χ1v) is 18.8. The van der Waals surface area contributed by atoms with Crippen LogP contribution in [0, 0.1) is 0 Å². The lowest BCUT2D eigenvalue weighted by molar-refractivity contribution is 0.0445. The van der Waals surface area contributed by atoms with E-state index in [0.717, 1.165) is 9.80 Å². The summed E-state index contributed by atoms with van der Waals surface area (Å²) in [5.74, 6) is -4.17. The van der Waals surface area contributed by atoms with Crippen LogP contribution in [0.15, 0.2) is 48.5 Å². The highest BCUT2D eigenvalue weighted by atomic mass is 16.5. The van der Waals surface area contributed by atoms with Crippen LogP contribution < -0.4 is 0 Å². The molecule has 280 valence electrons. The second-order valence-electron chi connectivity index (χ2n) is 14.2. The Kier molecular flexibility index (Phi) is 8.71. The third-order valence-electron chi connectivity index (χ3n) is 11.6. The molecule has 0 N–H and O–H groups in total. The number of nitrogens with zero attached hydrogens (tertiary/aromatic N) is 4. The largest absolute Gasteiger partial charge is 0.378 e. The van der Waals surface area contributed by atoms with Crippen molar-refractivity contribution in [1.29, 1.82) is 0 Å². The number of hydrogen-bond donors (Lipinski definition) is 0. The van der Waals surface area contributed by atoms with E-state index >= 15 is 0 Å². The third-order valence-corrected chi connectivity index (χ3v) is 11.6. The zero-order chi connectivity index (χ0) is 39.0. The predicted octanol–water partition coefficient (Wildman–Crippen LogP) is 5.47. The lowest BCUT2D eigenvalue weighted by atomic mass is 9.85. The first-order valence-electron chi connectivity index (χ1n) is 18.8. The number of carbonyl (C=O) groups excluding carboxylic acids is 8. The molecular formula is C42H38N4O9. The van der Waals surface area contributed by atoms with Crippen molar-refractivity contribution in [2.75, 3.05) is 26.3 Å². The van der Waals surface area contributed by atoms with Crippen molar-refractivity contribution in [2.24, 2.45) is 0 Å². The molecule has 0 saturated heterocycles. The highest BCUT2D eigenvalue weighted by Crippen LogP contribution is 2.40. The Bertz CT molecular complexity index is 2150. The number of imide groups is 4. The first kappa shape index (κ1) is 35.9. The van der Waals surface area contributed by atoms with Gasteiger partial charge in [0.25, 0.3) is 47.3 Å². The van der Waals surface area contributed by atoms with E-state index in [-0.39, 0.29) is 93.7 Å². The van der Waals surface area contributed by atoms with Crippen molar-refractivity contribution in [1.82, 2.24) is 19.6 Å². The van der Waals surface area contributed by atoms with Gasteiger partial charge in [-0.25, -0.2) is 0 Å². The normalized spacial score (nSPS) is 16.4. The van der Waals surface area contributed by atoms with Crippen molar-refractivity contribution in [3.63, 3.8) is 0 Å². The van der Waals surface area contributed by atoms with Crippen LogP contribution in [-0.2, 0) is 4.74 Å². The van der Waals surface area contributed by atoms with Gasteiger partial charge in [-0.1, -0.05) is 27.7 Å². The average molecular weight is 743 g/mol. The average Bonchev–Trinajstić information content (AvgIpc) is 3.19. The Morgan fingerprint density at radius 3 is 0.818 bits per heavy atom. The number of carbonyl (C=O) groups is 8. The molecule has 4 aliphatic rings. The van der Waals surface area contributed by atoms with Gasteiger partial charge in [0.15, 0.2) is 0 Å². The molecule has 0 spiro atoms. The minimum atomic E-state index is -0.593. The second kappa shape index (κ2) is 13.3. The van der Waals surface area contributed by atoms with Crippen molar-refractivity contribution >= 4 is 68.8 Å². The summed E-state index contributed by atoms with van der Waals surface area (Å²) < 4.78 is 5.77. The molecule has 0 radical (unpaired) electrons. The van der Waals surface area contributed by atoms with Crippen LogP contribution >= 0.6 is 0 Å². The third kappa shape index (κ3) is 5.02. The van der Waals surface area contributed by atoms with Gasteiger partial charge in [0.2, 0.25) is 0 Å². The molecule has 0 fully saturated rings. The van der Waals surface area contributed by atoms with Gasteiger partial charge < -0.3 is 4.74 Å². The Morgan fingerprint density at radius 2 is 0.600 bits per heavy atom. The minimum Gasteiger partial charge on any atom is -0.378 e. The summed E-state index contributed by atoms with van der Waals surface area (Å²) in [7, 11) is 0. The van der Waals surface area contributed by atoms with E-state index in [1.807, 2.05) is 27.7 Å². The van der Waals surface area contributed by atoms with Crippen molar-refractivity contribution in [2.45, 2.75) is 65.5 Å². The molecule has 0 aromatic heterocycles. The molecular weight excluding hydrogens is 704 g/mol. The smallest absolute Gasteiger partial charge is 0.261 e. The molecule has 4 aromatic carbocycles. The van der Waals surface area contributed by atoms with E-state index in [1.54, 1.807) is 0 Å². The molecule has 8 rings (SSSR count). The highest BCUT2D eigenvalue weighted by molar-refractivity contribution is 6.34. The van der Waals surface area contributed by atoms with Crippen LogP contribution in [0.2, 0.25) is 0 Å². The van der Waals surface area contributed by atoms with Crippen LogP contribution in [0.3, 0.4) is 0 Å². The molecule has 0 unspecified atom stereocenters. The Balaban J connectivity index is 0.966. The van der Waals surface area contributed by atoms with Gasteiger partial charge in [0, 0.05) is 78.1 Å². The lowest BCUT2D eigenvalue weighted by Crippen LogP contribution is -2.47. The van der Waals surface area contributed by atoms with E-state index in [9.17, 15) is 38.4 Å². The number of rotatable bonds is 12. The monoisotopic (exact) mass is 742 g/mol. The molecule has 0 bridgehead atoms. The number of hydrogen-bond acceptors (Lipinski definition) is 9. The van der Waals surface area contributed by atoms with Gasteiger partial charge in [-0.2, -0.15) is 0 Å². The van der Waals surface area contributed by atoms with Gasteiger partial charge >= 0.3 is 0 Å². The van der Waals surface area contributed by atoms with Gasteiger partial charge in [-0.3, -0.25) is 58.0 Å². The van der Waals surface area contributed by atoms with E-state index < -0.39 is 47.3 Å². The fraction of sp³-hybridized carbons (Fsp3) is 0.333. The van der Waals surface area contributed by atoms with Crippen LogP contribution in [-0.4, -0.2) is 105 Å². The summed E-state index contributed by atoms with van der Waals surface area (Å²) in [5, 5.41) is 1.19. The van der Waals surface area contributed by atoms with Crippen molar-refractivity contribution in [3.8, 4) is 0 Å². The molecule has 0 atom stereocenters. The maximum absolute atomic E-state index is 13.7.